The topological polar surface area (TPSA) is 80.5 Å². The summed E-state index contributed by atoms with van der Waals surface area (Å²) < 4.78 is 19.4. The summed E-state index contributed by atoms with van der Waals surface area (Å²) in [7, 11) is 0. The Balaban J connectivity index is 2.09. The summed E-state index contributed by atoms with van der Waals surface area (Å²) in [6.07, 6.45) is 2.94. The summed E-state index contributed by atoms with van der Waals surface area (Å²) in [6, 6.07) is -0.124. The normalized spacial score (nSPS) is 21.9. The fourth-order valence-corrected chi connectivity index (χ4v) is 2.89. The number of nitrogens with two attached hydrogens (primary N) is 1. The molecule has 1 aromatic heterocycles. The zero-order valence-electron chi connectivity index (χ0n) is 14.1. The number of hydrogen-bond donors (Lipinski definition) is 2. The largest absolute Gasteiger partial charge is 0.444 e. The highest BCUT2D eigenvalue weighted by Crippen LogP contribution is 2.30. The summed E-state index contributed by atoms with van der Waals surface area (Å²) in [5.41, 5.74) is 5.97. The van der Waals surface area contributed by atoms with Crippen molar-refractivity contribution in [2.45, 2.75) is 45.8 Å². The first-order valence-electron chi connectivity index (χ1n) is 7.79. The van der Waals surface area contributed by atoms with Gasteiger partial charge in [-0.1, -0.05) is 6.92 Å². The highest BCUT2D eigenvalue weighted by atomic mass is 19.1. The van der Waals surface area contributed by atoms with Crippen LogP contribution in [-0.2, 0) is 4.74 Å². The number of rotatable bonds is 2. The fourth-order valence-electron chi connectivity index (χ4n) is 2.89. The molecule has 1 aliphatic heterocycles. The lowest BCUT2D eigenvalue weighted by molar-refractivity contribution is 0.0495. The van der Waals surface area contributed by atoms with Crippen molar-refractivity contribution in [3.05, 3.63) is 18.2 Å². The molecule has 0 aromatic carbocycles. The van der Waals surface area contributed by atoms with Gasteiger partial charge in [0.15, 0.2) is 5.82 Å². The maximum Gasteiger partial charge on any atom is 0.407 e. The number of aromatic nitrogens is 1. The van der Waals surface area contributed by atoms with E-state index in [0.717, 1.165) is 12.6 Å². The van der Waals surface area contributed by atoms with E-state index >= 15 is 0 Å². The third-order valence-electron chi connectivity index (χ3n) is 3.60. The summed E-state index contributed by atoms with van der Waals surface area (Å²) >= 11 is 0. The van der Waals surface area contributed by atoms with E-state index in [1.54, 1.807) is 0 Å². The van der Waals surface area contributed by atoms with Gasteiger partial charge in [0.25, 0.3) is 0 Å². The van der Waals surface area contributed by atoms with Crippen LogP contribution in [0.25, 0.3) is 0 Å². The lowest BCUT2D eigenvalue weighted by Crippen LogP contribution is -2.51. The molecule has 2 rings (SSSR count). The molecule has 0 aliphatic carbocycles. The van der Waals surface area contributed by atoms with Gasteiger partial charge in [-0.25, -0.2) is 9.18 Å². The molecule has 128 valence electrons. The van der Waals surface area contributed by atoms with E-state index in [1.165, 1.54) is 6.20 Å². The van der Waals surface area contributed by atoms with Crippen LogP contribution in [0.15, 0.2) is 12.4 Å². The number of carbonyl (C=O) groups excluding carboxylic acids is 1. The van der Waals surface area contributed by atoms with E-state index in [1.807, 2.05) is 25.7 Å². The molecule has 1 aromatic rings. The fraction of sp³-hybridized carbons (Fsp3) is 0.625. The Morgan fingerprint density at radius 2 is 2.13 bits per heavy atom. The molecule has 0 bridgehead atoms. The van der Waals surface area contributed by atoms with Crippen molar-refractivity contribution in [1.82, 2.24) is 10.3 Å². The molecule has 7 heteroatoms. The van der Waals surface area contributed by atoms with Crippen molar-refractivity contribution < 1.29 is 13.9 Å². The molecule has 23 heavy (non-hydrogen) atoms. The first-order chi connectivity index (χ1) is 10.7. The predicted octanol–water partition coefficient (Wildman–Crippen LogP) is 2.54. The maximum atomic E-state index is 14.1. The van der Waals surface area contributed by atoms with Crippen LogP contribution in [0, 0.1) is 11.7 Å². The number of hydrogen-bond acceptors (Lipinski definition) is 5. The Labute approximate surface area is 136 Å². The number of carbonyl (C=O) groups is 1. The van der Waals surface area contributed by atoms with Gasteiger partial charge in [-0.05, 0) is 33.1 Å². The van der Waals surface area contributed by atoms with Crippen LogP contribution in [0.1, 0.15) is 34.1 Å². The average Bonchev–Trinajstić information content (AvgIpc) is 2.35. The third-order valence-corrected chi connectivity index (χ3v) is 3.60. The van der Waals surface area contributed by atoms with E-state index in [0.29, 0.717) is 24.5 Å². The van der Waals surface area contributed by atoms with E-state index in [9.17, 15) is 9.18 Å². The van der Waals surface area contributed by atoms with E-state index < -0.39 is 17.5 Å². The summed E-state index contributed by atoms with van der Waals surface area (Å²) in [5.74, 6) is -0.161. The molecule has 0 saturated carbocycles. The molecule has 0 spiro atoms. The molecule has 1 aliphatic rings. The molecule has 2 atom stereocenters. The smallest absolute Gasteiger partial charge is 0.407 e. The summed E-state index contributed by atoms with van der Waals surface area (Å²) in [5, 5.41) is 2.86. The molecule has 1 fully saturated rings. The molecular formula is C16H25FN4O2. The van der Waals surface area contributed by atoms with Gasteiger partial charge in [-0.15, -0.1) is 0 Å². The van der Waals surface area contributed by atoms with Gasteiger partial charge in [0.05, 0.1) is 23.8 Å². The molecule has 0 unspecified atom stereocenters. The van der Waals surface area contributed by atoms with Crippen LogP contribution in [0.3, 0.4) is 0 Å². The quantitative estimate of drug-likeness (QED) is 0.874. The van der Waals surface area contributed by atoms with E-state index in [-0.39, 0.29) is 12.0 Å². The Morgan fingerprint density at radius 3 is 2.74 bits per heavy atom. The Bertz CT molecular complexity index is 553. The zero-order chi connectivity index (χ0) is 17.2. The number of anilines is 2. The standard InChI is InChI=1S/C16H25FN4O2/c1-10-5-11(20-15(22)23-16(2,3)4)9-21(8-10)14-12(17)6-19-7-13(14)18/h6-7,10-11H,5,8-9,18H2,1-4H3,(H,20,22)/t10-,11+/m1/s1. The second-order valence-electron chi connectivity index (χ2n) is 7.15. The van der Waals surface area contributed by atoms with Crippen LogP contribution in [0.5, 0.6) is 0 Å². The SMILES string of the molecule is C[C@@H]1C[C@H](NC(=O)OC(C)(C)C)CN(c2c(N)cncc2F)C1. The second kappa shape index (κ2) is 6.60. The number of amides is 1. The minimum Gasteiger partial charge on any atom is -0.444 e. The van der Waals surface area contributed by atoms with E-state index in [4.69, 9.17) is 10.5 Å². The van der Waals surface area contributed by atoms with Crippen molar-refractivity contribution in [2.24, 2.45) is 5.92 Å². The van der Waals surface area contributed by atoms with Crippen LogP contribution in [-0.4, -0.2) is 35.8 Å². The first-order valence-corrected chi connectivity index (χ1v) is 7.79. The van der Waals surface area contributed by atoms with Crippen LogP contribution >= 0.6 is 0 Å². The number of alkyl carbamates (subject to hydrolysis) is 1. The van der Waals surface area contributed by atoms with Gasteiger partial charge in [0.2, 0.25) is 0 Å². The highest BCUT2D eigenvalue weighted by molar-refractivity contribution is 5.69. The van der Waals surface area contributed by atoms with Crippen LogP contribution < -0.4 is 16.0 Å². The van der Waals surface area contributed by atoms with Crippen molar-refractivity contribution in [3.63, 3.8) is 0 Å². The molecule has 3 N–H and O–H groups in total. The number of nitrogens with zero attached hydrogens (tertiary/aromatic N) is 2. The van der Waals surface area contributed by atoms with Crippen molar-refractivity contribution >= 4 is 17.5 Å². The van der Waals surface area contributed by atoms with Gasteiger partial charge >= 0.3 is 6.09 Å². The van der Waals surface area contributed by atoms with Gasteiger partial charge in [-0.2, -0.15) is 0 Å². The molecule has 2 heterocycles. The summed E-state index contributed by atoms with van der Waals surface area (Å²) in [6.45, 7) is 8.66. The predicted molar refractivity (Wildman–Crippen MR) is 87.8 cm³/mol. The Morgan fingerprint density at radius 1 is 1.43 bits per heavy atom. The number of pyridine rings is 1. The molecular weight excluding hydrogens is 299 g/mol. The van der Waals surface area contributed by atoms with Gasteiger partial charge in [0, 0.05) is 19.1 Å². The van der Waals surface area contributed by atoms with Crippen molar-refractivity contribution in [2.75, 3.05) is 23.7 Å². The van der Waals surface area contributed by atoms with Crippen molar-refractivity contribution in [3.8, 4) is 0 Å². The first kappa shape index (κ1) is 17.3. The molecule has 1 amide bonds. The number of halogens is 1. The van der Waals surface area contributed by atoms with Crippen molar-refractivity contribution in [1.29, 1.82) is 0 Å². The minimum absolute atomic E-state index is 0.124. The van der Waals surface area contributed by atoms with E-state index in [2.05, 4.69) is 17.2 Å². The average molecular weight is 324 g/mol. The minimum atomic E-state index is -0.550. The number of nitrogens with one attached hydrogen (secondary N) is 1. The van der Waals surface area contributed by atoms with Crippen LogP contribution in [0.4, 0.5) is 20.6 Å². The van der Waals surface area contributed by atoms with Crippen LogP contribution in [0.2, 0.25) is 0 Å². The number of ether oxygens (including phenoxy) is 1. The highest BCUT2D eigenvalue weighted by Gasteiger charge is 2.29. The Kier molecular flexibility index (Phi) is 4.97. The maximum absolute atomic E-state index is 14.1. The van der Waals surface area contributed by atoms with Gasteiger partial charge in [-0.3, -0.25) is 4.98 Å². The lowest BCUT2D eigenvalue weighted by Gasteiger charge is -2.38. The van der Waals surface area contributed by atoms with Gasteiger partial charge < -0.3 is 20.7 Å². The summed E-state index contributed by atoms with van der Waals surface area (Å²) in [4.78, 5) is 17.6. The Hall–Kier alpha value is -2.05. The molecule has 6 nitrogen and oxygen atoms in total. The third kappa shape index (κ3) is 4.71. The van der Waals surface area contributed by atoms with Gasteiger partial charge in [0.1, 0.15) is 5.60 Å². The monoisotopic (exact) mass is 324 g/mol. The lowest BCUT2D eigenvalue weighted by atomic mass is 9.95. The molecule has 1 saturated heterocycles. The number of nitrogen functional groups attached to an aromatic ring is 1. The number of piperidine rings is 1. The second-order valence-corrected chi connectivity index (χ2v) is 7.15. The molecule has 0 radical (unpaired) electrons. The zero-order valence-corrected chi connectivity index (χ0v) is 14.1.